The first-order valence-corrected chi connectivity index (χ1v) is 6.45. The van der Waals surface area contributed by atoms with Gasteiger partial charge in [-0.3, -0.25) is 0 Å². The Kier molecular flexibility index (Phi) is 2.85. The van der Waals surface area contributed by atoms with Crippen molar-refractivity contribution in [2.75, 3.05) is 7.05 Å². The van der Waals surface area contributed by atoms with E-state index in [1.807, 2.05) is 0 Å². The smallest absolute Gasteiger partial charge is 0.194 e. The number of halogens is 3. The molecular formula is C14H16F3N. The molecule has 3 unspecified atom stereocenters. The lowest BCUT2D eigenvalue weighted by atomic mass is 9.96. The normalized spacial score (nSPS) is 31.2. The molecule has 0 heterocycles. The maximum atomic E-state index is 13.8. The lowest BCUT2D eigenvalue weighted by Crippen LogP contribution is -2.22. The van der Waals surface area contributed by atoms with Gasteiger partial charge in [0.15, 0.2) is 17.5 Å². The van der Waals surface area contributed by atoms with Gasteiger partial charge in [0.25, 0.3) is 0 Å². The van der Waals surface area contributed by atoms with E-state index in [0.717, 1.165) is 6.07 Å². The highest BCUT2D eigenvalue weighted by Crippen LogP contribution is 2.62. The zero-order valence-electron chi connectivity index (χ0n) is 10.2. The summed E-state index contributed by atoms with van der Waals surface area (Å²) < 4.78 is 40.0. The SMILES string of the molecule is CNC(c1ccc(F)c(F)c1F)C1C2CCCC21. The molecule has 1 nitrogen and oxygen atoms in total. The van der Waals surface area contributed by atoms with Crippen LogP contribution in [0.2, 0.25) is 0 Å². The number of hydrogen-bond acceptors (Lipinski definition) is 1. The molecule has 2 aliphatic carbocycles. The summed E-state index contributed by atoms with van der Waals surface area (Å²) in [6, 6.07) is 2.18. The predicted molar refractivity (Wildman–Crippen MR) is 62.4 cm³/mol. The Morgan fingerprint density at radius 3 is 2.39 bits per heavy atom. The second-order valence-corrected chi connectivity index (χ2v) is 5.37. The fourth-order valence-corrected chi connectivity index (χ4v) is 3.71. The van der Waals surface area contributed by atoms with E-state index in [1.54, 1.807) is 7.05 Å². The van der Waals surface area contributed by atoms with Gasteiger partial charge in [0.05, 0.1) is 0 Å². The molecule has 1 N–H and O–H groups in total. The fraction of sp³-hybridized carbons (Fsp3) is 0.571. The Morgan fingerprint density at radius 1 is 1.11 bits per heavy atom. The van der Waals surface area contributed by atoms with Crippen molar-refractivity contribution in [3.05, 3.63) is 35.1 Å². The molecule has 0 spiro atoms. The van der Waals surface area contributed by atoms with E-state index in [1.165, 1.54) is 25.3 Å². The third kappa shape index (κ3) is 1.66. The summed E-state index contributed by atoms with van der Waals surface area (Å²) in [5.41, 5.74) is 0.260. The molecule has 0 amide bonds. The summed E-state index contributed by atoms with van der Waals surface area (Å²) in [6.07, 6.45) is 3.60. The van der Waals surface area contributed by atoms with Gasteiger partial charge in [-0.05, 0) is 43.7 Å². The molecule has 18 heavy (non-hydrogen) atoms. The van der Waals surface area contributed by atoms with Crippen LogP contribution >= 0.6 is 0 Å². The third-order valence-corrected chi connectivity index (χ3v) is 4.57. The van der Waals surface area contributed by atoms with Crippen LogP contribution in [0.25, 0.3) is 0 Å². The van der Waals surface area contributed by atoms with Crippen molar-refractivity contribution < 1.29 is 13.2 Å². The molecule has 2 aliphatic rings. The minimum absolute atomic E-state index is 0.199. The topological polar surface area (TPSA) is 12.0 Å². The summed E-state index contributed by atoms with van der Waals surface area (Å²) in [4.78, 5) is 0. The van der Waals surface area contributed by atoms with Crippen molar-refractivity contribution >= 4 is 0 Å². The highest BCUT2D eigenvalue weighted by molar-refractivity contribution is 5.27. The van der Waals surface area contributed by atoms with Crippen molar-refractivity contribution in [2.24, 2.45) is 17.8 Å². The van der Waals surface area contributed by atoms with E-state index >= 15 is 0 Å². The molecule has 1 aromatic carbocycles. The van der Waals surface area contributed by atoms with Crippen molar-refractivity contribution in [3.8, 4) is 0 Å². The summed E-state index contributed by atoms with van der Waals surface area (Å²) in [6.45, 7) is 0. The van der Waals surface area contributed by atoms with Gasteiger partial charge in [0.1, 0.15) is 0 Å². The fourth-order valence-electron chi connectivity index (χ4n) is 3.71. The van der Waals surface area contributed by atoms with Gasteiger partial charge >= 0.3 is 0 Å². The second-order valence-electron chi connectivity index (χ2n) is 5.37. The van der Waals surface area contributed by atoms with Gasteiger partial charge in [0, 0.05) is 11.6 Å². The number of nitrogens with one attached hydrogen (secondary N) is 1. The first kappa shape index (κ1) is 12.0. The molecule has 2 fully saturated rings. The average Bonchev–Trinajstić information content (AvgIpc) is 2.84. The van der Waals surface area contributed by atoms with Gasteiger partial charge in [-0.2, -0.15) is 0 Å². The lowest BCUT2D eigenvalue weighted by molar-refractivity contribution is 0.398. The standard InChI is InChI=1S/C14H16F3N/c1-18-14(11-7-3-2-4-8(7)11)9-5-6-10(15)13(17)12(9)16/h5-8,11,14,18H,2-4H2,1H3. The monoisotopic (exact) mass is 255 g/mol. The molecule has 0 saturated heterocycles. The summed E-state index contributed by atoms with van der Waals surface area (Å²) >= 11 is 0. The van der Waals surface area contributed by atoms with E-state index in [-0.39, 0.29) is 11.6 Å². The van der Waals surface area contributed by atoms with Crippen LogP contribution in [0.3, 0.4) is 0 Å². The van der Waals surface area contributed by atoms with Crippen LogP contribution in [0.1, 0.15) is 30.9 Å². The molecule has 4 heteroatoms. The van der Waals surface area contributed by atoms with Gasteiger partial charge in [-0.25, -0.2) is 13.2 Å². The summed E-state index contributed by atoms with van der Waals surface area (Å²) in [7, 11) is 1.75. The number of hydrogen-bond donors (Lipinski definition) is 1. The Morgan fingerprint density at radius 2 is 1.78 bits per heavy atom. The largest absolute Gasteiger partial charge is 0.313 e. The Labute approximate surface area is 104 Å². The van der Waals surface area contributed by atoms with Crippen LogP contribution in [0.15, 0.2) is 12.1 Å². The van der Waals surface area contributed by atoms with E-state index in [0.29, 0.717) is 17.8 Å². The first-order chi connectivity index (χ1) is 8.65. The molecule has 0 aliphatic heterocycles. The van der Waals surface area contributed by atoms with Crippen LogP contribution in [0, 0.1) is 35.2 Å². The minimum Gasteiger partial charge on any atom is -0.313 e. The minimum atomic E-state index is -1.36. The summed E-state index contributed by atoms with van der Waals surface area (Å²) in [5.74, 6) is -1.88. The van der Waals surface area contributed by atoms with Crippen molar-refractivity contribution in [1.82, 2.24) is 5.32 Å². The van der Waals surface area contributed by atoms with Crippen molar-refractivity contribution in [1.29, 1.82) is 0 Å². The number of benzene rings is 1. The molecule has 0 aromatic heterocycles. The first-order valence-electron chi connectivity index (χ1n) is 6.45. The molecule has 3 atom stereocenters. The molecule has 1 aromatic rings. The Balaban J connectivity index is 1.91. The van der Waals surface area contributed by atoms with E-state index in [2.05, 4.69) is 5.32 Å². The van der Waals surface area contributed by atoms with Crippen LogP contribution in [0.4, 0.5) is 13.2 Å². The maximum absolute atomic E-state index is 13.8. The average molecular weight is 255 g/mol. The van der Waals surface area contributed by atoms with Crippen LogP contribution in [-0.4, -0.2) is 7.05 Å². The molecule has 98 valence electrons. The van der Waals surface area contributed by atoms with E-state index < -0.39 is 17.5 Å². The third-order valence-electron chi connectivity index (χ3n) is 4.57. The Bertz CT molecular complexity index is 464. The van der Waals surface area contributed by atoms with Crippen molar-refractivity contribution in [2.45, 2.75) is 25.3 Å². The highest BCUT2D eigenvalue weighted by atomic mass is 19.2. The van der Waals surface area contributed by atoms with Gasteiger partial charge in [-0.1, -0.05) is 12.5 Å². The Hall–Kier alpha value is -1.03. The van der Waals surface area contributed by atoms with Crippen LogP contribution in [0.5, 0.6) is 0 Å². The molecule has 2 saturated carbocycles. The number of fused-ring (bicyclic) bond motifs is 1. The molecule has 3 rings (SSSR count). The summed E-state index contributed by atoms with van der Waals surface area (Å²) in [5, 5.41) is 3.07. The maximum Gasteiger partial charge on any atom is 0.194 e. The highest BCUT2D eigenvalue weighted by Gasteiger charge is 2.56. The zero-order valence-corrected chi connectivity index (χ0v) is 10.2. The van der Waals surface area contributed by atoms with E-state index in [4.69, 9.17) is 0 Å². The molecule has 0 radical (unpaired) electrons. The zero-order chi connectivity index (χ0) is 12.9. The molecular weight excluding hydrogens is 239 g/mol. The van der Waals surface area contributed by atoms with Gasteiger partial charge in [-0.15, -0.1) is 0 Å². The quantitative estimate of drug-likeness (QED) is 0.816. The van der Waals surface area contributed by atoms with Crippen molar-refractivity contribution in [3.63, 3.8) is 0 Å². The second kappa shape index (κ2) is 4.26. The van der Waals surface area contributed by atoms with E-state index in [9.17, 15) is 13.2 Å². The molecule has 0 bridgehead atoms. The number of rotatable bonds is 3. The van der Waals surface area contributed by atoms with Crippen LogP contribution < -0.4 is 5.32 Å². The van der Waals surface area contributed by atoms with Gasteiger partial charge < -0.3 is 5.32 Å². The predicted octanol–water partition coefficient (Wildman–Crippen LogP) is 3.41. The lowest BCUT2D eigenvalue weighted by Gasteiger charge is -2.19. The van der Waals surface area contributed by atoms with Crippen LogP contribution in [-0.2, 0) is 0 Å². The van der Waals surface area contributed by atoms with Gasteiger partial charge in [0.2, 0.25) is 0 Å².